The molecule has 1 atom stereocenters. The maximum absolute atomic E-state index is 12.8. The first-order chi connectivity index (χ1) is 16.0. The minimum absolute atomic E-state index is 0.0688. The van der Waals surface area contributed by atoms with Gasteiger partial charge in [-0.3, -0.25) is 9.36 Å². The molecule has 174 valence electrons. The van der Waals surface area contributed by atoms with Gasteiger partial charge in [-0.2, -0.15) is 0 Å². The first-order valence-corrected chi connectivity index (χ1v) is 11.8. The lowest BCUT2D eigenvalue weighted by Crippen LogP contribution is -2.25. The molecule has 0 unspecified atom stereocenters. The number of anilines is 1. The molecule has 1 N–H and O–H groups in total. The van der Waals surface area contributed by atoms with Gasteiger partial charge < -0.3 is 14.8 Å². The second-order valence-electron chi connectivity index (χ2n) is 7.34. The first-order valence-electron chi connectivity index (χ1n) is 11.0. The van der Waals surface area contributed by atoms with E-state index in [1.54, 1.807) is 6.08 Å². The topological polar surface area (TPSA) is 78.3 Å². The van der Waals surface area contributed by atoms with Crippen molar-refractivity contribution >= 4 is 23.4 Å². The summed E-state index contributed by atoms with van der Waals surface area (Å²) in [5.74, 6) is 1.93. The highest BCUT2D eigenvalue weighted by atomic mass is 32.2. The molecule has 0 aliphatic heterocycles. The van der Waals surface area contributed by atoms with Gasteiger partial charge in [0.05, 0.1) is 11.9 Å². The van der Waals surface area contributed by atoms with Gasteiger partial charge in [-0.1, -0.05) is 49.0 Å². The minimum Gasteiger partial charge on any atom is -0.490 e. The number of rotatable bonds is 12. The van der Waals surface area contributed by atoms with Crippen molar-refractivity contribution in [1.29, 1.82) is 0 Å². The molecular formula is C25H30N4O3S. The summed E-state index contributed by atoms with van der Waals surface area (Å²) >= 11 is 1.39. The van der Waals surface area contributed by atoms with Crippen LogP contribution in [0.5, 0.6) is 11.5 Å². The maximum atomic E-state index is 12.8. The smallest absolute Gasteiger partial charge is 0.237 e. The normalized spacial score (nSPS) is 11.6. The lowest BCUT2D eigenvalue weighted by Gasteiger charge is -2.16. The molecule has 0 saturated carbocycles. The average Bonchev–Trinajstić information content (AvgIpc) is 3.19. The highest BCUT2D eigenvalue weighted by Gasteiger charge is 2.23. The van der Waals surface area contributed by atoms with Crippen LogP contribution in [-0.2, 0) is 17.9 Å². The monoisotopic (exact) mass is 466 g/mol. The minimum atomic E-state index is -0.312. The fourth-order valence-corrected chi connectivity index (χ4v) is 4.15. The van der Waals surface area contributed by atoms with Gasteiger partial charge in [0, 0.05) is 12.2 Å². The van der Waals surface area contributed by atoms with Gasteiger partial charge >= 0.3 is 0 Å². The Labute approximate surface area is 199 Å². The number of carbonyl (C=O) groups excluding carboxylic acids is 1. The van der Waals surface area contributed by atoms with Gasteiger partial charge in [0.25, 0.3) is 0 Å². The number of aryl methyl sites for hydroxylation is 1. The zero-order valence-electron chi connectivity index (χ0n) is 19.3. The summed E-state index contributed by atoms with van der Waals surface area (Å²) in [6.45, 7) is 11.1. The van der Waals surface area contributed by atoms with E-state index in [0.717, 1.165) is 11.3 Å². The summed E-state index contributed by atoms with van der Waals surface area (Å²) in [6, 6.07) is 15.3. The zero-order chi connectivity index (χ0) is 23.6. The van der Waals surface area contributed by atoms with Gasteiger partial charge in [-0.05, 0) is 50.1 Å². The molecule has 7 nitrogen and oxygen atoms in total. The van der Waals surface area contributed by atoms with Gasteiger partial charge in [-0.25, -0.2) is 0 Å². The molecular weight excluding hydrogens is 436 g/mol. The van der Waals surface area contributed by atoms with Crippen molar-refractivity contribution in [2.45, 2.75) is 50.8 Å². The van der Waals surface area contributed by atoms with Crippen LogP contribution in [0.4, 0.5) is 5.69 Å². The van der Waals surface area contributed by atoms with Gasteiger partial charge in [-0.15, -0.1) is 16.8 Å². The summed E-state index contributed by atoms with van der Waals surface area (Å²) in [6.07, 6.45) is 2.43. The van der Waals surface area contributed by atoms with Crippen LogP contribution < -0.4 is 14.8 Å². The van der Waals surface area contributed by atoms with Gasteiger partial charge in [0.1, 0.15) is 6.61 Å². The molecule has 0 fully saturated rings. The third-order valence-electron chi connectivity index (χ3n) is 4.81. The summed E-state index contributed by atoms with van der Waals surface area (Å²) in [7, 11) is 0. The Kier molecular flexibility index (Phi) is 8.95. The lowest BCUT2D eigenvalue weighted by molar-refractivity contribution is -0.115. The number of carbonyl (C=O) groups is 1. The number of para-hydroxylation sites is 1. The number of benzene rings is 2. The molecule has 0 spiro atoms. The molecule has 0 saturated heterocycles. The molecule has 1 heterocycles. The molecule has 33 heavy (non-hydrogen) atoms. The van der Waals surface area contributed by atoms with Crippen LogP contribution in [0.15, 0.2) is 66.3 Å². The van der Waals surface area contributed by atoms with Crippen LogP contribution in [0, 0.1) is 6.92 Å². The van der Waals surface area contributed by atoms with Crippen molar-refractivity contribution in [2.24, 2.45) is 0 Å². The van der Waals surface area contributed by atoms with E-state index in [4.69, 9.17) is 9.47 Å². The number of amides is 1. The molecule has 3 aromatic rings. The van der Waals surface area contributed by atoms with Crippen LogP contribution >= 0.6 is 11.8 Å². The van der Waals surface area contributed by atoms with Gasteiger partial charge in [0.15, 0.2) is 22.5 Å². The van der Waals surface area contributed by atoms with E-state index in [9.17, 15) is 4.79 Å². The summed E-state index contributed by atoms with van der Waals surface area (Å²) in [4.78, 5) is 12.8. The first kappa shape index (κ1) is 24.4. The van der Waals surface area contributed by atoms with E-state index >= 15 is 0 Å². The highest BCUT2D eigenvalue weighted by Crippen LogP contribution is 2.30. The number of aromatic nitrogens is 3. The number of hydrogen-bond acceptors (Lipinski definition) is 6. The van der Waals surface area contributed by atoms with E-state index in [-0.39, 0.29) is 17.8 Å². The van der Waals surface area contributed by atoms with E-state index in [2.05, 4.69) is 22.1 Å². The lowest BCUT2D eigenvalue weighted by atomic mass is 10.2. The molecule has 0 aliphatic rings. The standard InChI is InChI=1S/C25H30N4O3S/c1-5-15-29-23(17-32-20-14-13-18(4)16-21(20)31-7-3)27-28-25(29)33-22(6-2)24(30)26-19-11-9-8-10-12-19/h5,8-14,16,22H,1,6-7,15,17H2,2-4H3,(H,26,30)/t22-/m0/s1. The Bertz CT molecular complexity index is 1070. The summed E-state index contributed by atoms with van der Waals surface area (Å²) in [5.41, 5.74) is 1.87. The van der Waals surface area contributed by atoms with Crippen molar-refractivity contribution in [3.63, 3.8) is 0 Å². The molecule has 1 amide bonds. The molecule has 2 aromatic carbocycles. The number of allylic oxidation sites excluding steroid dienone is 1. The van der Waals surface area contributed by atoms with Crippen LogP contribution in [0.1, 0.15) is 31.7 Å². The average molecular weight is 467 g/mol. The fourth-order valence-electron chi connectivity index (χ4n) is 3.16. The van der Waals surface area contributed by atoms with Crippen molar-refractivity contribution in [3.05, 3.63) is 72.6 Å². The number of nitrogens with zero attached hydrogens (tertiary/aromatic N) is 3. The van der Waals surface area contributed by atoms with Crippen molar-refractivity contribution < 1.29 is 14.3 Å². The molecule has 8 heteroatoms. The quantitative estimate of drug-likeness (QED) is 0.290. The van der Waals surface area contributed by atoms with Crippen molar-refractivity contribution in [3.8, 4) is 11.5 Å². The van der Waals surface area contributed by atoms with E-state index < -0.39 is 0 Å². The molecule has 3 rings (SSSR count). The molecule has 0 aliphatic carbocycles. The SMILES string of the molecule is C=CCn1c(COc2ccc(C)cc2OCC)nnc1S[C@@H](CC)C(=O)Nc1ccccc1. The third-order valence-corrected chi connectivity index (χ3v) is 6.16. The summed E-state index contributed by atoms with van der Waals surface area (Å²) < 4.78 is 13.6. The highest BCUT2D eigenvalue weighted by molar-refractivity contribution is 8.00. The zero-order valence-corrected chi connectivity index (χ0v) is 20.1. The van der Waals surface area contributed by atoms with Crippen molar-refractivity contribution in [1.82, 2.24) is 14.8 Å². The molecule has 1 aromatic heterocycles. The Morgan fingerprint density at radius 3 is 2.64 bits per heavy atom. The van der Waals surface area contributed by atoms with E-state index in [0.29, 0.717) is 42.1 Å². The van der Waals surface area contributed by atoms with Crippen LogP contribution in [-0.4, -0.2) is 32.5 Å². The Hall–Kier alpha value is -3.26. The van der Waals surface area contributed by atoms with Crippen LogP contribution in [0.25, 0.3) is 0 Å². The largest absolute Gasteiger partial charge is 0.490 e. The molecule has 0 bridgehead atoms. The van der Waals surface area contributed by atoms with E-state index in [1.807, 2.05) is 73.9 Å². The van der Waals surface area contributed by atoms with Crippen molar-refractivity contribution in [2.75, 3.05) is 11.9 Å². The Morgan fingerprint density at radius 2 is 1.94 bits per heavy atom. The Morgan fingerprint density at radius 1 is 1.15 bits per heavy atom. The number of ether oxygens (including phenoxy) is 2. The Balaban J connectivity index is 1.73. The fraction of sp³-hybridized carbons (Fsp3) is 0.320. The molecule has 0 radical (unpaired) electrons. The third kappa shape index (κ3) is 6.61. The maximum Gasteiger partial charge on any atom is 0.237 e. The number of thioether (sulfide) groups is 1. The number of nitrogens with one attached hydrogen (secondary N) is 1. The van der Waals surface area contributed by atoms with Crippen LogP contribution in [0.2, 0.25) is 0 Å². The van der Waals surface area contributed by atoms with E-state index in [1.165, 1.54) is 11.8 Å². The van der Waals surface area contributed by atoms with Gasteiger partial charge in [0.2, 0.25) is 5.91 Å². The number of hydrogen-bond donors (Lipinski definition) is 1. The predicted octanol–water partition coefficient (Wildman–Crippen LogP) is 5.26. The second-order valence-corrected chi connectivity index (χ2v) is 8.51. The van der Waals surface area contributed by atoms with Crippen LogP contribution in [0.3, 0.4) is 0 Å². The predicted molar refractivity (Wildman–Crippen MR) is 132 cm³/mol. The summed E-state index contributed by atoms with van der Waals surface area (Å²) in [5, 5.41) is 12.0. The second kappa shape index (κ2) is 12.1.